The van der Waals surface area contributed by atoms with Crippen molar-refractivity contribution in [2.45, 2.75) is 38.8 Å². The van der Waals surface area contributed by atoms with Crippen LogP contribution in [0.5, 0.6) is 0 Å². The predicted molar refractivity (Wildman–Crippen MR) is 47.1 cm³/mol. The average Bonchev–Trinajstić information content (AvgIpc) is 2.06. The Hall–Kier alpha value is -0.740. The molecule has 0 bridgehead atoms. The van der Waals surface area contributed by atoms with Gasteiger partial charge in [0.15, 0.2) is 0 Å². The van der Waals surface area contributed by atoms with Crippen molar-refractivity contribution in [2.75, 3.05) is 6.61 Å². The molecule has 5 heteroatoms. The van der Waals surface area contributed by atoms with E-state index in [4.69, 9.17) is 0 Å². The van der Waals surface area contributed by atoms with Crippen molar-refractivity contribution in [3.63, 3.8) is 0 Å². The minimum atomic E-state index is -4.29. The summed E-state index contributed by atoms with van der Waals surface area (Å²) < 4.78 is 35.0. The van der Waals surface area contributed by atoms with E-state index in [2.05, 4.69) is 16.9 Å². The molecule has 14 heavy (non-hydrogen) atoms. The van der Waals surface area contributed by atoms with Crippen LogP contribution in [0.25, 0.3) is 0 Å². The topological polar surface area (TPSA) is 21.6 Å². The number of nitrogens with zero attached hydrogens (tertiary/aromatic N) is 1. The Labute approximate surface area is 81.1 Å². The van der Waals surface area contributed by atoms with Gasteiger partial charge in [0, 0.05) is 0 Å². The molecule has 82 valence electrons. The van der Waals surface area contributed by atoms with Gasteiger partial charge in [-0.1, -0.05) is 12.1 Å². The van der Waals surface area contributed by atoms with Gasteiger partial charge in [0.25, 0.3) is 0 Å². The molecule has 0 aromatic rings. The van der Waals surface area contributed by atoms with E-state index < -0.39 is 12.8 Å². The molecule has 0 spiro atoms. The third-order valence-electron chi connectivity index (χ3n) is 2.27. The summed E-state index contributed by atoms with van der Waals surface area (Å²) in [6.45, 7) is 0.847. The second-order valence-electron chi connectivity index (χ2n) is 3.73. The minimum Gasteiger partial charge on any atom is -0.386 e. The van der Waals surface area contributed by atoms with Crippen molar-refractivity contribution < 1.29 is 18.0 Å². The Balaban J connectivity index is 2.25. The number of hydrogen-bond acceptors (Lipinski definition) is 2. The molecule has 0 unspecified atom stereocenters. The van der Waals surface area contributed by atoms with E-state index in [1.54, 1.807) is 0 Å². The molecular formula is C9H14F3NO. The molecule has 0 amide bonds. The molecule has 0 aliphatic heterocycles. The first kappa shape index (κ1) is 11.3. The number of oxime groups is 1. The zero-order valence-corrected chi connectivity index (χ0v) is 8.10. The molecule has 0 atom stereocenters. The molecule has 1 aliphatic rings. The third kappa shape index (κ3) is 4.48. The van der Waals surface area contributed by atoms with Crippen molar-refractivity contribution in [3.05, 3.63) is 0 Å². The molecular weight excluding hydrogens is 195 g/mol. The van der Waals surface area contributed by atoms with Crippen LogP contribution < -0.4 is 0 Å². The number of halogens is 3. The highest BCUT2D eigenvalue weighted by molar-refractivity contribution is 5.84. The van der Waals surface area contributed by atoms with Gasteiger partial charge in [-0.15, -0.1) is 0 Å². The molecule has 0 N–H and O–H groups in total. The highest BCUT2D eigenvalue weighted by atomic mass is 19.4. The zero-order valence-electron chi connectivity index (χ0n) is 8.10. The first-order valence-corrected chi connectivity index (χ1v) is 4.72. The van der Waals surface area contributed by atoms with Crippen molar-refractivity contribution >= 4 is 5.71 Å². The second kappa shape index (κ2) is 4.66. The summed E-state index contributed by atoms with van der Waals surface area (Å²) in [6.07, 6.45) is -0.771. The Kier molecular flexibility index (Phi) is 3.77. The molecule has 2 nitrogen and oxygen atoms in total. The summed E-state index contributed by atoms with van der Waals surface area (Å²) in [5.41, 5.74) is 0.757. The second-order valence-corrected chi connectivity index (χ2v) is 3.73. The molecule has 0 heterocycles. The summed E-state index contributed by atoms with van der Waals surface area (Å²) in [5.74, 6) is 0.650. The van der Waals surface area contributed by atoms with Crippen LogP contribution in [0.15, 0.2) is 5.16 Å². The lowest BCUT2D eigenvalue weighted by atomic mass is 9.90. The fourth-order valence-corrected chi connectivity index (χ4v) is 1.38. The van der Waals surface area contributed by atoms with Crippen LogP contribution in [0.3, 0.4) is 0 Å². The fraction of sp³-hybridized carbons (Fsp3) is 0.889. The van der Waals surface area contributed by atoms with Gasteiger partial charge >= 0.3 is 6.18 Å². The van der Waals surface area contributed by atoms with E-state index >= 15 is 0 Å². The SMILES string of the molecule is CC1CCC(=NOCC(F)(F)F)CC1. The molecule has 0 aromatic carbocycles. The van der Waals surface area contributed by atoms with Crippen molar-refractivity contribution in [1.82, 2.24) is 0 Å². The lowest BCUT2D eigenvalue weighted by molar-refractivity contribution is -0.173. The maximum atomic E-state index is 11.7. The Morgan fingerprint density at radius 1 is 1.36 bits per heavy atom. The van der Waals surface area contributed by atoms with Gasteiger partial charge in [0.2, 0.25) is 6.61 Å². The van der Waals surface area contributed by atoms with Gasteiger partial charge < -0.3 is 4.84 Å². The number of alkyl halides is 3. The number of rotatable bonds is 2. The van der Waals surface area contributed by atoms with E-state index in [1.165, 1.54) is 0 Å². The van der Waals surface area contributed by atoms with Crippen LogP contribution >= 0.6 is 0 Å². The van der Waals surface area contributed by atoms with Gasteiger partial charge in [-0.25, -0.2) is 0 Å². The first-order chi connectivity index (χ1) is 6.47. The Bertz CT molecular complexity index is 203. The van der Waals surface area contributed by atoms with E-state index in [-0.39, 0.29) is 0 Å². The molecule has 1 rings (SSSR count). The van der Waals surface area contributed by atoms with Crippen molar-refractivity contribution in [3.8, 4) is 0 Å². The average molecular weight is 209 g/mol. The van der Waals surface area contributed by atoms with Gasteiger partial charge in [-0.2, -0.15) is 13.2 Å². The fourth-order valence-electron chi connectivity index (χ4n) is 1.38. The summed E-state index contributed by atoms with van der Waals surface area (Å²) in [7, 11) is 0. The van der Waals surface area contributed by atoms with Crippen LogP contribution in [0.2, 0.25) is 0 Å². The van der Waals surface area contributed by atoms with E-state index in [0.717, 1.165) is 31.4 Å². The minimum absolute atomic E-state index is 0.650. The Morgan fingerprint density at radius 2 is 1.93 bits per heavy atom. The van der Waals surface area contributed by atoms with Gasteiger partial charge in [-0.3, -0.25) is 0 Å². The molecule has 0 saturated heterocycles. The molecule has 1 aliphatic carbocycles. The maximum Gasteiger partial charge on any atom is 0.425 e. The van der Waals surface area contributed by atoms with Gasteiger partial charge in [0.1, 0.15) is 0 Å². The third-order valence-corrected chi connectivity index (χ3v) is 2.27. The summed E-state index contributed by atoms with van der Waals surface area (Å²) in [6, 6.07) is 0. The van der Waals surface area contributed by atoms with E-state index in [1.807, 2.05) is 0 Å². The lowest BCUT2D eigenvalue weighted by Gasteiger charge is -2.18. The standard InChI is InChI=1S/C9H14F3NO/c1-7-2-4-8(5-3-7)13-14-6-9(10,11)12/h7H,2-6H2,1H3. The quantitative estimate of drug-likeness (QED) is 0.640. The molecule has 1 fully saturated rings. The van der Waals surface area contributed by atoms with E-state index in [9.17, 15) is 13.2 Å². The first-order valence-electron chi connectivity index (χ1n) is 4.72. The van der Waals surface area contributed by atoms with Gasteiger partial charge in [-0.05, 0) is 31.6 Å². The monoisotopic (exact) mass is 209 g/mol. The normalized spacial score (nSPS) is 23.4. The Morgan fingerprint density at radius 3 is 2.43 bits per heavy atom. The highest BCUT2D eigenvalue weighted by Crippen LogP contribution is 2.22. The molecule has 1 saturated carbocycles. The largest absolute Gasteiger partial charge is 0.425 e. The van der Waals surface area contributed by atoms with Crippen LogP contribution in [-0.4, -0.2) is 18.5 Å². The predicted octanol–water partition coefficient (Wildman–Crippen LogP) is 3.13. The highest BCUT2D eigenvalue weighted by Gasteiger charge is 2.28. The summed E-state index contributed by atoms with van der Waals surface area (Å²) in [5, 5.41) is 3.50. The van der Waals surface area contributed by atoms with Crippen molar-refractivity contribution in [1.29, 1.82) is 0 Å². The smallest absolute Gasteiger partial charge is 0.386 e. The van der Waals surface area contributed by atoms with Gasteiger partial charge in [0.05, 0.1) is 5.71 Å². The van der Waals surface area contributed by atoms with Crippen LogP contribution in [0, 0.1) is 5.92 Å². The zero-order chi connectivity index (χ0) is 10.6. The lowest BCUT2D eigenvalue weighted by Crippen LogP contribution is -2.17. The molecule has 0 radical (unpaired) electrons. The summed E-state index contributed by atoms with van der Waals surface area (Å²) >= 11 is 0. The maximum absolute atomic E-state index is 11.7. The molecule has 0 aromatic heterocycles. The number of hydrogen-bond donors (Lipinski definition) is 0. The van der Waals surface area contributed by atoms with Crippen LogP contribution in [0.1, 0.15) is 32.6 Å². The van der Waals surface area contributed by atoms with Crippen molar-refractivity contribution in [2.24, 2.45) is 11.1 Å². The van der Waals surface area contributed by atoms with E-state index in [0.29, 0.717) is 5.92 Å². The van der Waals surface area contributed by atoms with Crippen LogP contribution in [0.4, 0.5) is 13.2 Å². The van der Waals surface area contributed by atoms with Crippen LogP contribution in [-0.2, 0) is 4.84 Å². The summed E-state index contributed by atoms with van der Waals surface area (Å²) in [4.78, 5) is 4.24.